The fraction of sp³-hybridized carbons (Fsp3) is 0.333. The van der Waals surface area contributed by atoms with E-state index in [0.29, 0.717) is 11.4 Å². The van der Waals surface area contributed by atoms with Crippen LogP contribution in [0, 0.1) is 5.82 Å². The Labute approximate surface area is 175 Å². The van der Waals surface area contributed by atoms with Crippen LogP contribution < -0.4 is 9.64 Å². The van der Waals surface area contributed by atoms with E-state index >= 15 is 0 Å². The highest BCUT2D eigenvalue weighted by Crippen LogP contribution is 2.34. The van der Waals surface area contributed by atoms with Gasteiger partial charge in [0.15, 0.2) is 0 Å². The number of hydrogen-bond acceptors (Lipinski definition) is 5. The van der Waals surface area contributed by atoms with Gasteiger partial charge in [0.05, 0.1) is 24.1 Å². The first kappa shape index (κ1) is 21.9. The first-order valence-corrected chi connectivity index (χ1v) is 10.7. The lowest BCUT2D eigenvalue weighted by Gasteiger charge is -2.37. The fourth-order valence-corrected chi connectivity index (χ4v) is 5.45. The molecule has 0 bridgehead atoms. The number of benzene rings is 2. The predicted molar refractivity (Wildman–Crippen MR) is 109 cm³/mol. The molecule has 0 spiro atoms. The SMILES string of the molecule is COc1ccc(N2C(=O)CC(N(C(C)(C)C)S(=O)(=O)c3ccc(F)cc3)C2=O)cc1. The van der Waals surface area contributed by atoms with Crippen LogP contribution in [0.15, 0.2) is 53.4 Å². The van der Waals surface area contributed by atoms with Gasteiger partial charge < -0.3 is 4.74 Å². The van der Waals surface area contributed by atoms with Gasteiger partial charge in [0, 0.05) is 5.54 Å². The smallest absolute Gasteiger partial charge is 0.252 e. The van der Waals surface area contributed by atoms with Gasteiger partial charge in [0.1, 0.15) is 17.6 Å². The summed E-state index contributed by atoms with van der Waals surface area (Å²) in [5.74, 6) is -1.15. The summed E-state index contributed by atoms with van der Waals surface area (Å²) in [5.41, 5.74) is -0.676. The molecule has 2 aromatic carbocycles. The normalized spacial score (nSPS) is 17.7. The molecule has 9 heteroatoms. The summed E-state index contributed by atoms with van der Waals surface area (Å²) in [5, 5.41) is 0. The first-order valence-electron chi connectivity index (χ1n) is 9.28. The Hall–Kier alpha value is -2.78. The van der Waals surface area contributed by atoms with Crippen molar-refractivity contribution in [2.45, 2.75) is 43.7 Å². The number of hydrogen-bond donors (Lipinski definition) is 0. The zero-order chi connectivity index (χ0) is 22.3. The summed E-state index contributed by atoms with van der Waals surface area (Å²) in [7, 11) is -2.69. The molecule has 1 fully saturated rings. The van der Waals surface area contributed by atoms with Crippen molar-refractivity contribution < 1.29 is 27.1 Å². The average molecular weight is 434 g/mol. The minimum absolute atomic E-state index is 0.151. The largest absolute Gasteiger partial charge is 0.497 e. The number of rotatable bonds is 5. The van der Waals surface area contributed by atoms with Gasteiger partial charge in [0.25, 0.3) is 5.91 Å². The summed E-state index contributed by atoms with van der Waals surface area (Å²) >= 11 is 0. The second-order valence-electron chi connectivity index (χ2n) is 7.91. The van der Waals surface area contributed by atoms with Crippen molar-refractivity contribution in [3.05, 3.63) is 54.3 Å². The van der Waals surface area contributed by atoms with E-state index in [9.17, 15) is 22.4 Å². The number of carbonyl (C=O) groups excluding carboxylic acids is 2. The number of anilines is 1. The van der Waals surface area contributed by atoms with Gasteiger partial charge in [-0.2, -0.15) is 4.31 Å². The van der Waals surface area contributed by atoms with Crippen LogP contribution in [0.4, 0.5) is 10.1 Å². The van der Waals surface area contributed by atoms with Crippen molar-refractivity contribution >= 4 is 27.5 Å². The van der Waals surface area contributed by atoms with Gasteiger partial charge in [-0.3, -0.25) is 9.59 Å². The molecule has 0 aliphatic carbocycles. The third-order valence-corrected chi connectivity index (χ3v) is 6.96. The maximum Gasteiger partial charge on any atom is 0.252 e. The van der Waals surface area contributed by atoms with Gasteiger partial charge in [-0.25, -0.2) is 17.7 Å². The highest BCUT2D eigenvalue weighted by molar-refractivity contribution is 7.89. The van der Waals surface area contributed by atoms with E-state index in [1.54, 1.807) is 45.0 Å². The molecule has 0 N–H and O–H groups in total. The van der Waals surface area contributed by atoms with Gasteiger partial charge in [0.2, 0.25) is 15.9 Å². The van der Waals surface area contributed by atoms with Crippen LogP contribution >= 0.6 is 0 Å². The number of nitrogens with zero attached hydrogens (tertiary/aromatic N) is 2. The van der Waals surface area contributed by atoms with Gasteiger partial charge in [-0.15, -0.1) is 0 Å². The first-order chi connectivity index (χ1) is 14.0. The molecule has 7 nitrogen and oxygen atoms in total. The summed E-state index contributed by atoms with van der Waals surface area (Å²) in [6.45, 7) is 4.92. The molecule has 1 atom stereocenters. The monoisotopic (exact) mass is 434 g/mol. The summed E-state index contributed by atoms with van der Waals surface area (Å²) in [4.78, 5) is 26.7. The third-order valence-electron chi connectivity index (χ3n) is 4.77. The number of imide groups is 1. The molecular weight excluding hydrogens is 411 g/mol. The molecule has 3 rings (SSSR count). The molecule has 1 heterocycles. The summed E-state index contributed by atoms with van der Waals surface area (Å²) < 4.78 is 46.1. The van der Waals surface area contributed by atoms with Crippen molar-refractivity contribution in [3.63, 3.8) is 0 Å². The zero-order valence-corrected chi connectivity index (χ0v) is 17.9. The fourth-order valence-electron chi connectivity index (χ4n) is 3.52. The van der Waals surface area contributed by atoms with Crippen LogP contribution in [0.5, 0.6) is 5.75 Å². The van der Waals surface area contributed by atoms with Crippen LogP contribution in [0.1, 0.15) is 27.2 Å². The number of methoxy groups -OCH3 is 1. The minimum Gasteiger partial charge on any atom is -0.497 e. The molecule has 0 radical (unpaired) electrons. The average Bonchev–Trinajstić information content (AvgIpc) is 2.94. The minimum atomic E-state index is -4.18. The Morgan fingerprint density at radius 1 is 1.03 bits per heavy atom. The number of amides is 2. The van der Waals surface area contributed by atoms with Crippen LogP contribution in [0.25, 0.3) is 0 Å². The molecule has 160 valence electrons. The Morgan fingerprint density at radius 3 is 2.10 bits per heavy atom. The maximum atomic E-state index is 13.4. The van der Waals surface area contributed by atoms with Crippen molar-refractivity contribution in [2.24, 2.45) is 0 Å². The van der Waals surface area contributed by atoms with Gasteiger partial charge >= 0.3 is 0 Å². The molecule has 0 saturated carbocycles. The lowest BCUT2D eigenvalue weighted by Crippen LogP contribution is -2.54. The van der Waals surface area contributed by atoms with Crippen molar-refractivity contribution in [1.29, 1.82) is 0 Å². The van der Waals surface area contributed by atoms with Gasteiger partial charge in [-0.1, -0.05) is 0 Å². The molecule has 30 heavy (non-hydrogen) atoms. The Kier molecular flexibility index (Phi) is 5.70. The molecule has 1 saturated heterocycles. The van der Waals surface area contributed by atoms with Crippen LogP contribution in [-0.4, -0.2) is 43.2 Å². The van der Waals surface area contributed by atoms with E-state index in [4.69, 9.17) is 4.74 Å². The lowest BCUT2D eigenvalue weighted by molar-refractivity contribution is -0.122. The Bertz CT molecular complexity index is 1060. The Balaban J connectivity index is 2.02. The van der Waals surface area contributed by atoms with E-state index in [1.807, 2.05) is 0 Å². The van der Waals surface area contributed by atoms with E-state index in [2.05, 4.69) is 0 Å². The molecule has 1 unspecified atom stereocenters. The molecule has 1 aliphatic heterocycles. The summed E-state index contributed by atoms with van der Waals surface area (Å²) in [6.07, 6.45) is -0.289. The number of ether oxygens (including phenoxy) is 1. The van der Waals surface area contributed by atoms with E-state index in [-0.39, 0.29) is 11.3 Å². The second kappa shape index (κ2) is 7.81. The summed E-state index contributed by atoms with van der Waals surface area (Å²) in [6, 6.07) is 9.50. The van der Waals surface area contributed by atoms with Crippen LogP contribution in [0.3, 0.4) is 0 Å². The molecule has 2 aromatic rings. The molecule has 0 aromatic heterocycles. The van der Waals surface area contributed by atoms with Crippen molar-refractivity contribution in [2.75, 3.05) is 12.0 Å². The number of sulfonamides is 1. The maximum absolute atomic E-state index is 13.4. The number of halogens is 1. The van der Waals surface area contributed by atoms with E-state index in [1.165, 1.54) is 7.11 Å². The van der Waals surface area contributed by atoms with Gasteiger partial charge in [-0.05, 0) is 69.3 Å². The lowest BCUT2D eigenvalue weighted by atomic mass is 10.1. The molecule has 2 amide bonds. The zero-order valence-electron chi connectivity index (χ0n) is 17.1. The Morgan fingerprint density at radius 2 is 1.60 bits per heavy atom. The van der Waals surface area contributed by atoms with Crippen LogP contribution in [0.2, 0.25) is 0 Å². The predicted octanol–water partition coefficient (Wildman–Crippen LogP) is 2.96. The van der Waals surface area contributed by atoms with Crippen molar-refractivity contribution in [1.82, 2.24) is 4.31 Å². The quantitative estimate of drug-likeness (QED) is 0.676. The standard InChI is InChI=1S/C21H23FN2O5S/c1-21(2,3)24(30(27,28)17-11-5-14(22)6-12-17)18-13-19(25)23(20(18)26)15-7-9-16(29-4)10-8-15/h5-12,18H,13H2,1-4H3. The van der Waals surface area contributed by atoms with Crippen molar-refractivity contribution in [3.8, 4) is 5.75 Å². The number of carbonyl (C=O) groups is 2. The van der Waals surface area contributed by atoms with Crippen LogP contribution in [-0.2, 0) is 19.6 Å². The van der Waals surface area contributed by atoms with E-state index < -0.39 is 39.2 Å². The third kappa shape index (κ3) is 3.95. The molecule has 1 aliphatic rings. The highest BCUT2D eigenvalue weighted by Gasteiger charge is 2.50. The second-order valence-corrected chi connectivity index (χ2v) is 9.73. The topological polar surface area (TPSA) is 84.0 Å². The van der Waals surface area contributed by atoms with E-state index in [0.717, 1.165) is 33.5 Å². The molecular formula is C21H23FN2O5S. The highest BCUT2D eigenvalue weighted by atomic mass is 32.2.